The van der Waals surface area contributed by atoms with Gasteiger partial charge in [0.25, 0.3) is 5.91 Å². The first kappa shape index (κ1) is 22.3. The third-order valence-corrected chi connectivity index (χ3v) is 6.92. The maximum absolute atomic E-state index is 12.5. The molecule has 0 radical (unpaired) electrons. The summed E-state index contributed by atoms with van der Waals surface area (Å²) in [5.74, 6) is 0.383. The van der Waals surface area contributed by atoms with Crippen LogP contribution in [0.25, 0.3) is 11.3 Å². The average molecular weight is 459 g/mol. The van der Waals surface area contributed by atoms with Crippen molar-refractivity contribution in [2.45, 2.75) is 32.1 Å². The summed E-state index contributed by atoms with van der Waals surface area (Å²) in [5, 5.41) is 4.86. The Bertz CT molecular complexity index is 1000. The van der Waals surface area contributed by atoms with E-state index in [0.29, 0.717) is 40.9 Å². The molecular weight excluding hydrogens is 432 g/mol. The molecule has 2 aliphatic carbocycles. The number of aromatic nitrogens is 1. The molecule has 1 aromatic heterocycles. The van der Waals surface area contributed by atoms with Crippen molar-refractivity contribution in [3.05, 3.63) is 23.6 Å². The van der Waals surface area contributed by atoms with Crippen LogP contribution in [0, 0.1) is 17.8 Å². The van der Waals surface area contributed by atoms with Gasteiger partial charge in [-0.3, -0.25) is 19.7 Å². The smallest absolute Gasteiger partial charge is 0.309 e. The van der Waals surface area contributed by atoms with Crippen LogP contribution in [0.4, 0.5) is 5.13 Å². The maximum Gasteiger partial charge on any atom is 0.309 e. The molecule has 8 nitrogen and oxygen atoms in total. The van der Waals surface area contributed by atoms with E-state index in [1.807, 2.05) is 6.07 Å². The van der Waals surface area contributed by atoms with Gasteiger partial charge in [0.05, 0.1) is 25.8 Å². The molecule has 2 atom stereocenters. The summed E-state index contributed by atoms with van der Waals surface area (Å²) in [5.41, 5.74) is 1.38. The molecule has 1 aromatic carbocycles. The Morgan fingerprint density at radius 1 is 1.16 bits per heavy atom. The quantitative estimate of drug-likeness (QED) is 0.631. The lowest BCUT2D eigenvalue weighted by molar-refractivity contribution is -0.155. The van der Waals surface area contributed by atoms with E-state index in [1.54, 1.807) is 31.7 Å². The number of anilines is 1. The van der Waals surface area contributed by atoms with E-state index < -0.39 is 11.9 Å². The number of amides is 1. The Kier molecular flexibility index (Phi) is 6.74. The van der Waals surface area contributed by atoms with Crippen LogP contribution >= 0.6 is 11.3 Å². The zero-order valence-electron chi connectivity index (χ0n) is 18.1. The highest BCUT2D eigenvalue weighted by Crippen LogP contribution is 2.40. The number of nitrogens with one attached hydrogen (secondary N) is 1. The normalized spacial score (nSPS) is 22.2. The molecule has 2 aromatic rings. The number of rotatable bonds is 7. The number of esters is 1. The largest absolute Gasteiger partial charge is 0.497 e. The predicted molar refractivity (Wildman–Crippen MR) is 119 cm³/mol. The summed E-state index contributed by atoms with van der Waals surface area (Å²) in [7, 11) is 3.15. The summed E-state index contributed by atoms with van der Waals surface area (Å²) in [6.45, 7) is -0.379. The molecule has 2 saturated carbocycles. The van der Waals surface area contributed by atoms with Gasteiger partial charge in [0.15, 0.2) is 11.7 Å². The second kappa shape index (κ2) is 9.68. The van der Waals surface area contributed by atoms with E-state index in [0.717, 1.165) is 24.8 Å². The Balaban J connectivity index is 1.32. The Labute approximate surface area is 190 Å². The number of nitrogens with zero attached hydrogens (tertiary/aromatic N) is 1. The fourth-order valence-corrected chi connectivity index (χ4v) is 5.28. The summed E-state index contributed by atoms with van der Waals surface area (Å²) in [6.07, 6.45) is 3.82. The Hall–Kier alpha value is -2.94. The number of methoxy groups -OCH3 is 2. The number of hydrogen-bond donors (Lipinski definition) is 1. The van der Waals surface area contributed by atoms with Crippen molar-refractivity contribution in [3.63, 3.8) is 0 Å². The van der Waals surface area contributed by atoms with Gasteiger partial charge in [-0.25, -0.2) is 4.98 Å². The monoisotopic (exact) mass is 458 g/mol. The van der Waals surface area contributed by atoms with Gasteiger partial charge in [-0.15, -0.1) is 11.3 Å². The first-order valence-electron chi connectivity index (χ1n) is 10.7. The topological polar surface area (TPSA) is 104 Å². The molecule has 2 fully saturated rings. The molecule has 0 aliphatic heterocycles. The first-order valence-corrected chi connectivity index (χ1v) is 11.5. The van der Waals surface area contributed by atoms with E-state index in [4.69, 9.17) is 14.2 Å². The summed E-state index contributed by atoms with van der Waals surface area (Å²) in [6, 6.07) is 5.39. The first-order chi connectivity index (χ1) is 15.5. The van der Waals surface area contributed by atoms with Crippen LogP contribution in [0.15, 0.2) is 23.6 Å². The predicted octanol–water partition coefficient (Wildman–Crippen LogP) is 3.70. The highest BCUT2D eigenvalue weighted by atomic mass is 32.1. The lowest BCUT2D eigenvalue weighted by Gasteiger charge is -2.36. The number of carbonyl (C=O) groups excluding carboxylic acids is 3. The molecule has 0 spiro atoms. The van der Waals surface area contributed by atoms with E-state index in [-0.39, 0.29) is 24.4 Å². The van der Waals surface area contributed by atoms with Crippen LogP contribution < -0.4 is 14.8 Å². The minimum absolute atomic E-state index is 0.0313. The van der Waals surface area contributed by atoms with Crippen LogP contribution in [-0.2, 0) is 19.1 Å². The Morgan fingerprint density at radius 3 is 2.59 bits per heavy atom. The molecular formula is C23H26N2O6S. The van der Waals surface area contributed by atoms with Crippen LogP contribution in [0.1, 0.15) is 32.1 Å². The molecule has 1 heterocycles. The SMILES string of the molecule is COc1ccc(OC)c(-c2csc(NC(=O)COC(=O)C3CC4CCCC(C3)C4=O)n2)c1. The van der Waals surface area contributed by atoms with Gasteiger partial charge in [0.2, 0.25) is 0 Å². The molecule has 2 bridgehead atoms. The fraction of sp³-hybridized carbons (Fsp3) is 0.478. The average Bonchev–Trinajstić information content (AvgIpc) is 3.25. The Morgan fingerprint density at radius 2 is 1.91 bits per heavy atom. The molecule has 2 unspecified atom stereocenters. The van der Waals surface area contributed by atoms with Crippen molar-refractivity contribution in [3.8, 4) is 22.8 Å². The number of carbonyl (C=O) groups is 3. The molecule has 9 heteroatoms. The molecule has 2 aliphatic rings. The zero-order valence-corrected chi connectivity index (χ0v) is 18.9. The number of Topliss-reactive ketones (excluding diaryl/α,β-unsaturated/α-hetero) is 1. The molecule has 32 heavy (non-hydrogen) atoms. The van der Waals surface area contributed by atoms with Gasteiger partial charge < -0.3 is 14.2 Å². The van der Waals surface area contributed by atoms with Gasteiger partial charge in [0, 0.05) is 22.8 Å². The van der Waals surface area contributed by atoms with Gasteiger partial charge in [0.1, 0.15) is 17.3 Å². The van der Waals surface area contributed by atoms with E-state index in [9.17, 15) is 14.4 Å². The van der Waals surface area contributed by atoms with Gasteiger partial charge in [-0.1, -0.05) is 6.42 Å². The van der Waals surface area contributed by atoms with E-state index >= 15 is 0 Å². The number of fused-ring (bicyclic) bond motifs is 2. The zero-order chi connectivity index (χ0) is 22.7. The fourth-order valence-electron chi connectivity index (χ4n) is 4.55. The van der Waals surface area contributed by atoms with Crippen molar-refractivity contribution >= 4 is 34.1 Å². The van der Waals surface area contributed by atoms with Crippen molar-refractivity contribution in [1.29, 1.82) is 0 Å². The number of ketones is 1. The standard InChI is InChI=1S/C23H26N2O6S/c1-29-16-6-7-19(30-2)17(10-16)18-12-32-23(24-18)25-20(26)11-31-22(28)15-8-13-4-3-5-14(9-15)21(13)27/h6-7,10,12-15H,3-5,8-9,11H2,1-2H3,(H,24,25,26). The lowest BCUT2D eigenvalue weighted by Crippen LogP contribution is -2.40. The molecule has 1 amide bonds. The van der Waals surface area contributed by atoms with Crippen LogP contribution in [0.2, 0.25) is 0 Å². The molecule has 0 saturated heterocycles. The third-order valence-electron chi connectivity index (χ3n) is 6.16. The number of hydrogen-bond acceptors (Lipinski definition) is 8. The minimum atomic E-state index is -0.455. The highest BCUT2D eigenvalue weighted by Gasteiger charge is 2.41. The third kappa shape index (κ3) is 4.77. The molecule has 170 valence electrons. The maximum atomic E-state index is 12.5. The van der Waals surface area contributed by atoms with Crippen molar-refractivity contribution in [2.24, 2.45) is 17.8 Å². The second-order valence-corrected chi connectivity index (χ2v) is 9.01. The van der Waals surface area contributed by atoms with E-state index in [1.165, 1.54) is 11.3 Å². The van der Waals surface area contributed by atoms with Gasteiger partial charge in [-0.2, -0.15) is 0 Å². The van der Waals surface area contributed by atoms with Gasteiger partial charge >= 0.3 is 5.97 Å². The number of benzene rings is 1. The van der Waals surface area contributed by atoms with Crippen molar-refractivity contribution in [1.82, 2.24) is 4.98 Å². The van der Waals surface area contributed by atoms with Crippen molar-refractivity contribution < 1.29 is 28.6 Å². The van der Waals surface area contributed by atoms with Gasteiger partial charge in [-0.05, 0) is 43.9 Å². The van der Waals surface area contributed by atoms with Crippen LogP contribution in [0.5, 0.6) is 11.5 Å². The van der Waals surface area contributed by atoms with Crippen LogP contribution in [0.3, 0.4) is 0 Å². The minimum Gasteiger partial charge on any atom is -0.497 e. The molecule has 4 rings (SSSR count). The number of ether oxygens (including phenoxy) is 3. The second-order valence-electron chi connectivity index (χ2n) is 8.16. The molecule has 1 N–H and O–H groups in total. The lowest BCUT2D eigenvalue weighted by atomic mass is 9.67. The summed E-state index contributed by atoms with van der Waals surface area (Å²) in [4.78, 5) is 41.4. The van der Waals surface area contributed by atoms with Crippen molar-refractivity contribution in [2.75, 3.05) is 26.1 Å². The number of thiazole rings is 1. The summed E-state index contributed by atoms with van der Waals surface area (Å²) < 4.78 is 15.9. The highest BCUT2D eigenvalue weighted by molar-refractivity contribution is 7.14. The van der Waals surface area contributed by atoms with Crippen LogP contribution in [-0.4, -0.2) is 43.5 Å². The summed E-state index contributed by atoms with van der Waals surface area (Å²) >= 11 is 1.26. The van der Waals surface area contributed by atoms with E-state index in [2.05, 4.69) is 10.3 Å².